The molecule has 0 fully saturated rings. The number of nitrogens with two attached hydrogens (primary N) is 1. The predicted octanol–water partition coefficient (Wildman–Crippen LogP) is 2.47. The van der Waals surface area contributed by atoms with E-state index < -0.39 is 17.8 Å². The summed E-state index contributed by atoms with van der Waals surface area (Å²) in [6.07, 6.45) is -3.42. The maximum Gasteiger partial charge on any atom is 0.412 e. The molecule has 1 unspecified atom stereocenters. The lowest BCUT2D eigenvalue weighted by Gasteiger charge is -2.29. The molecule has 1 amide bonds. The minimum atomic E-state index is -4.30. The molecule has 1 atom stereocenters. The molecule has 104 valence electrons. The average molecular weight is 290 g/mol. The van der Waals surface area contributed by atoms with Gasteiger partial charge in [0, 0.05) is 23.5 Å². The van der Waals surface area contributed by atoms with E-state index in [2.05, 4.69) is 0 Å². The fraction of sp³-hybridized carbons (Fsp3) is 0.417. The second kappa shape index (κ2) is 5.34. The van der Waals surface area contributed by atoms with Crippen molar-refractivity contribution in [3.8, 4) is 0 Å². The van der Waals surface area contributed by atoms with Gasteiger partial charge in [0.2, 0.25) is 5.91 Å². The van der Waals surface area contributed by atoms with E-state index in [1.807, 2.05) is 0 Å². The number of alkyl halides is 3. The van der Waals surface area contributed by atoms with Crippen molar-refractivity contribution in [3.63, 3.8) is 0 Å². The Labute approximate surface area is 112 Å². The number of carbonyl (C=O) groups excluding carboxylic acids is 1. The number of nitrogens with zero attached hydrogens (tertiary/aromatic N) is 1. The van der Waals surface area contributed by atoms with Gasteiger partial charge in [-0.05, 0) is 17.9 Å². The summed E-state index contributed by atoms with van der Waals surface area (Å²) in [6, 6.07) is 2.74. The zero-order valence-electron chi connectivity index (χ0n) is 9.98. The van der Waals surface area contributed by atoms with Gasteiger partial charge in [0.1, 0.15) is 6.04 Å². The third kappa shape index (κ3) is 3.16. The average Bonchev–Trinajstić information content (AvgIpc) is 2.90. The molecule has 0 spiro atoms. The van der Waals surface area contributed by atoms with E-state index in [0.29, 0.717) is 0 Å². The van der Waals surface area contributed by atoms with E-state index in [9.17, 15) is 18.0 Å². The van der Waals surface area contributed by atoms with Crippen LogP contribution in [0.25, 0.3) is 0 Å². The fourth-order valence-corrected chi connectivity index (χ4v) is 2.63. The van der Waals surface area contributed by atoms with Crippen LogP contribution in [-0.4, -0.2) is 30.1 Å². The Morgan fingerprint density at radius 2 is 2.21 bits per heavy atom. The molecule has 7 heteroatoms. The Morgan fingerprint density at radius 1 is 1.47 bits per heavy atom. The monoisotopic (exact) mass is 290 g/mol. The highest BCUT2D eigenvalue weighted by molar-refractivity contribution is 7.10. The third-order valence-corrected chi connectivity index (χ3v) is 3.96. The van der Waals surface area contributed by atoms with Gasteiger partial charge >= 0.3 is 6.18 Å². The fourth-order valence-electron chi connectivity index (χ4n) is 1.91. The van der Waals surface area contributed by atoms with E-state index >= 15 is 0 Å². The Morgan fingerprint density at radius 3 is 2.68 bits per heavy atom. The Kier molecular flexibility index (Phi) is 3.96. The van der Waals surface area contributed by atoms with Crippen molar-refractivity contribution in [1.82, 2.24) is 4.90 Å². The number of hydrogen-bond acceptors (Lipinski definition) is 3. The standard InChI is InChI=1S/C12H13F3N2OS/c13-12(14,15)8-3-5-17(6-4-8)11(18)10(16)9-2-1-7-19-9/h1-3,7,10H,4-6,16H2. The molecule has 0 aromatic carbocycles. The van der Waals surface area contributed by atoms with Crippen LogP contribution in [0.15, 0.2) is 29.2 Å². The summed E-state index contributed by atoms with van der Waals surface area (Å²) in [6.45, 7) is 0.0238. The number of rotatable bonds is 2. The lowest BCUT2D eigenvalue weighted by Crippen LogP contribution is -2.41. The molecular weight excluding hydrogens is 277 g/mol. The lowest BCUT2D eigenvalue weighted by atomic mass is 10.1. The van der Waals surface area contributed by atoms with Gasteiger partial charge in [-0.3, -0.25) is 4.79 Å². The predicted molar refractivity (Wildman–Crippen MR) is 66.6 cm³/mol. The molecule has 3 nitrogen and oxygen atoms in total. The third-order valence-electron chi connectivity index (χ3n) is 3.00. The Bertz CT molecular complexity index is 482. The van der Waals surface area contributed by atoms with Crippen LogP contribution in [0.5, 0.6) is 0 Å². The van der Waals surface area contributed by atoms with Crippen molar-refractivity contribution < 1.29 is 18.0 Å². The van der Waals surface area contributed by atoms with Gasteiger partial charge in [-0.2, -0.15) is 13.2 Å². The summed E-state index contributed by atoms with van der Waals surface area (Å²) in [5.41, 5.74) is 5.24. The highest BCUT2D eigenvalue weighted by atomic mass is 32.1. The molecule has 0 saturated heterocycles. The molecule has 0 radical (unpaired) electrons. The molecule has 2 heterocycles. The molecule has 1 aromatic heterocycles. The summed E-state index contributed by atoms with van der Waals surface area (Å²) >= 11 is 1.36. The lowest BCUT2D eigenvalue weighted by molar-refractivity contribution is -0.133. The van der Waals surface area contributed by atoms with Crippen molar-refractivity contribution in [3.05, 3.63) is 34.0 Å². The molecule has 2 N–H and O–H groups in total. The molecule has 0 aliphatic carbocycles. The summed E-state index contributed by atoms with van der Waals surface area (Å²) < 4.78 is 37.4. The van der Waals surface area contributed by atoms with Crippen LogP contribution in [-0.2, 0) is 4.79 Å². The quantitative estimate of drug-likeness (QED) is 0.851. The number of carbonyl (C=O) groups is 1. The molecule has 1 aliphatic rings. The van der Waals surface area contributed by atoms with E-state index in [1.165, 1.54) is 16.2 Å². The second-order valence-electron chi connectivity index (χ2n) is 4.25. The van der Waals surface area contributed by atoms with Crippen molar-refractivity contribution in [1.29, 1.82) is 0 Å². The van der Waals surface area contributed by atoms with Crippen molar-refractivity contribution in [2.24, 2.45) is 5.73 Å². The summed E-state index contributed by atoms with van der Waals surface area (Å²) in [4.78, 5) is 14.1. The largest absolute Gasteiger partial charge is 0.412 e. The van der Waals surface area contributed by atoms with Gasteiger partial charge in [-0.1, -0.05) is 12.1 Å². The van der Waals surface area contributed by atoms with Crippen LogP contribution in [0.2, 0.25) is 0 Å². The van der Waals surface area contributed by atoms with Gasteiger partial charge in [0.15, 0.2) is 0 Å². The molecule has 19 heavy (non-hydrogen) atoms. The van der Waals surface area contributed by atoms with Crippen molar-refractivity contribution in [2.75, 3.05) is 13.1 Å². The van der Waals surface area contributed by atoms with Crippen LogP contribution in [0.3, 0.4) is 0 Å². The van der Waals surface area contributed by atoms with Gasteiger partial charge < -0.3 is 10.6 Å². The number of halogens is 3. The number of hydrogen-bond donors (Lipinski definition) is 1. The molecule has 1 aliphatic heterocycles. The molecule has 2 rings (SSSR count). The number of amides is 1. The van der Waals surface area contributed by atoms with Gasteiger partial charge in [-0.25, -0.2) is 0 Å². The van der Waals surface area contributed by atoms with Gasteiger partial charge in [0.25, 0.3) is 0 Å². The first-order chi connectivity index (χ1) is 8.89. The summed E-state index contributed by atoms with van der Waals surface area (Å²) in [7, 11) is 0. The van der Waals surface area contributed by atoms with E-state index in [-0.39, 0.29) is 25.4 Å². The first-order valence-corrected chi connectivity index (χ1v) is 6.61. The maximum atomic E-state index is 12.5. The SMILES string of the molecule is NC(C(=O)N1CC=C(C(F)(F)F)CC1)c1cccs1. The molecule has 0 bridgehead atoms. The minimum Gasteiger partial charge on any atom is -0.337 e. The van der Waals surface area contributed by atoms with Crippen LogP contribution in [0.4, 0.5) is 13.2 Å². The number of thiophene rings is 1. The zero-order chi connectivity index (χ0) is 14.0. The summed E-state index contributed by atoms with van der Waals surface area (Å²) in [5, 5.41) is 1.81. The molecule has 0 saturated carbocycles. The van der Waals surface area contributed by atoms with E-state index in [0.717, 1.165) is 11.0 Å². The van der Waals surface area contributed by atoms with E-state index in [1.54, 1.807) is 17.5 Å². The van der Waals surface area contributed by atoms with Crippen LogP contribution in [0, 0.1) is 0 Å². The van der Waals surface area contributed by atoms with Gasteiger partial charge in [-0.15, -0.1) is 11.3 Å². The zero-order valence-corrected chi connectivity index (χ0v) is 10.8. The maximum absolute atomic E-state index is 12.5. The van der Waals surface area contributed by atoms with Crippen LogP contribution < -0.4 is 5.73 Å². The summed E-state index contributed by atoms with van der Waals surface area (Å²) in [5.74, 6) is -0.333. The first kappa shape index (κ1) is 14.1. The minimum absolute atomic E-state index is 0.0350. The van der Waals surface area contributed by atoms with Gasteiger partial charge in [0.05, 0.1) is 0 Å². The van der Waals surface area contributed by atoms with Crippen LogP contribution in [0.1, 0.15) is 17.3 Å². The Hall–Kier alpha value is -1.34. The normalized spacial score (nSPS) is 18.1. The second-order valence-corrected chi connectivity index (χ2v) is 5.23. The highest BCUT2D eigenvalue weighted by Gasteiger charge is 2.36. The molecular formula is C12H13F3N2OS. The topological polar surface area (TPSA) is 46.3 Å². The van der Waals surface area contributed by atoms with Crippen molar-refractivity contribution in [2.45, 2.75) is 18.6 Å². The van der Waals surface area contributed by atoms with Crippen LogP contribution >= 0.6 is 11.3 Å². The molecule has 1 aromatic rings. The smallest absolute Gasteiger partial charge is 0.337 e. The first-order valence-electron chi connectivity index (χ1n) is 5.73. The van der Waals surface area contributed by atoms with Crippen molar-refractivity contribution >= 4 is 17.2 Å². The van der Waals surface area contributed by atoms with E-state index in [4.69, 9.17) is 5.73 Å². The highest BCUT2D eigenvalue weighted by Crippen LogP contribution is 2.30. The Balaban J connectivity index is 2.02.